The molecule has 1 aromatic heterocycles. The normalized spacial score (nSPS) is 35.8. The van der Waals surface area contributed by atoms with Crippen molar-refractivity contribution in [3.8, 4) is 0 Å². The van der Waals surface area contributed by atoms with Crippen LogP contribution in [-0.4, -0.2) is 39.8 Å². The van der Waals surface area contributed by atoms with Gasteiger partial charge in [0, 0.05) is 24.2 Å². The van der Waals surface area contributed by atoms with Gasteiger partial charge >= 0.3 is 0 Å². The highest BCUT2D eigenvalue weighted by atomic mass is 35.5. The zero-order chi connectivity index (χ0) is 26.3. The van der Waals surface area contributed by atoms with Crippen molar-refractivity contribution < 1.29 is 9.50 Å². The van der Waals surface area contributed by atoms with Crippen LogP contribution in [0.2, 0.25) is 5.02 Å². The summed E-state index contributed by atoms with van der Waals surface area (Å²) in [5, 5.41) is 21.5. The van der Waals surface area contributed by atoms with Gasteiger partial charge in [0.1, 0.15) is 0 Å². The van der Waals surface area contributed by atoms with Gasteiger partial charge in [-0.1, -0.05) is 29.8 Å². The Morgan fingerprint density at radius 1 is 1.08 bits per heavy atom. The quantitative estimate of drug-likeness (QED) is 0.311. The van der Waals surface area contributed by atoms with Crippen LogP contribution in [0.4, 0.5) is 16.2 Å². The number of aromatic nitrogens is 2. The lowest BCUT2D eigenvalue weighted by Crippen LogP contribution is -2.60. The first-order chi connectivity index (χ1) is 18.3. The first-order valence-electron chi connectivity index (χ1n) is 14.5. The standard InChI is InChI=1S/C30H41ClFN5O/c1-29(38)8-6-19(7-9-29)15-33-26-22-10-20-11-23(26)14-30(12-20,13-22)18-36-27-25(32)17-35-28(37-27)34-16-21-4-2-3-5-24(21)31/h2-5,17,19-20,22-23,26,33,38H,6-16,18H2,1H3,(H2,34,35,36,37)/t19-,20?,22-,23+,26-,29+,30-. The van der Waals surface area contributed by atoms with Gasteiger partial charge < -0.3 is 21.1 Å². The molecular formula is C30H41ClFN5O. The molecule has 4 N–H and O–H groups in total. The van der Waals surface area contributed by atoms with Crippen LogP contribution in [0.5, 0.6) is 0 Å². The first kappa shape index (κ1) is 26.3. The van der Waals surface area contributed by atoms with Gasteiger partial charge in [0.25, 0.3) is 0 Å². The number of benzene rings is 1. The summed E-state index contributed by atoms with van der Waals surface area (Å²) in [7, 11) is 0. The van der Waals surface area contributed by atoms with Crippen molar-refractivity contribution in [2.75, 3.05) is 23.7 Å². The fourth-order valence-electron chi connectivity index (χ4n) is 8.21. The fourth-order valence-corrected chi connectivity index (χ4v) is 8.41. The summed E-state index contributed by atoms with van der Waals surface area (Å²) in [6.45, 7) is 4.31. The van der Waals surface area contributed by atoms with Gasteiger partial charge in [-0.15, -0.1) is 0 Å². The molecule has 38 heavy (non-hydrogen) atoms. The lowest BCUT2D eigenvalue weighted by molar-refractivity contribution is -0.0711. The van der Waals surface area contributed by atoms with Crippen molar-refractivity contribution in [3.05, 3.63) is 46.9 Å². The van der Waals surface area contributed by atoms with E-state index in [2.05, 4.69) is 25.9 Å². The fraction of sp³-hybridized carbons (Fsp3) is 0.667. The lowest BCUT2D eigenvalue weighted by Gasteiger charge is -2.60. The summed E-state index contributed by atoms with van der Waals surface area (Å²) < 4.78 is 14.7. The molecule has 1 heterocycles. The van der Waals surface area contributed by atoms with E-state index in [-0.39, 0.29) is 11.2 Å². The van der Waals surface area contributed by atoms with Gasteiger partial charge in [-0.05, 0) is 112 Å². The molecule has 4 bridgehead atoms. The number of halogens is 2. The summed E-state index contributed by atoms with van der Waals surface area (Å²) in [5.74, 6) is 3.15. The monoisotopic (exact) mass is 541 g/mol. The molecule has 7 rings (SSSR count). The zero-order valence-electron chi connectivity index (χ0n) is 22.4. The van der Waals surface area contributed by atoms with Crippen molar-refractivity contribution in [1.29, 1.82) is 0 Å². The largest absolute Gasteiger partial charge is 0.390 e. The minimum absolute atomic E-state index is 0.223. The zero-order valence-corrected chi connectivity index (χ0v) is 23.1. The summed E-state index contributed by atoms with van der Waals surface area (Å²) in [5.41, 5.74) is 0.707. The number of aliphatic hydroxyl groups is 1. The van der Waals surface area contributed by atoms with Gasteiger partial charge in [-0.3, -0.25) is 0 Å². The second kappa shape index (κ2) is 10.5. The third kappa shape index (κ3) is 5.66. The van der Waals surface area contributed by atoms with E-state index in [1.807, 2.05) is 31.2 Å². The maximum atomic E-state index is 14.7. The average molecular weight is 542 g/mol. The van der Waals surface area contributed by atoms with Crippen molar-refractivity contribution >= 4 is 23.4 Å². The summed E-state index contributed by atoms with van der Waals surface area (Å²) in [6.07, 6.45) is 11.6. The van der Waals surface area contributed by atoms with Crippen molar-refractivity contribution in [1.82, 2.24) is 15.3 Å². The molecule has 2 aromatic rings. The lowest BCUT2D eigenvalue weighted by atomic mass is 9.48. The highest BCUT2D eigenvalue weighted by Gasteiger charge is 2.55. The summed E-state index contributed by atoms with van der Waals surface area (Å²) in [6, 6.07) is 8.25. The van der Waals surface area contributed by atoms with Crippen LogP contribution >= 0.6 is 11.6 Å². The van der Waals surface area contributed by atoms with E-state index in [0.717, 1.165) is 50.3 Å². The molecule has 1 aromatic carbocycles. The Morgan fingerprint density at radius 2 is 1.82 bits per heavy atom. The Balaban J connectivity index is 1.05. The van der Waals surface area contributed by atoms with Gasteiger partial charge in [0.15, 0.2) is 11.6 Å². The highest BCUT2D eigenvalue weighted by Crippen LogP contribution is 2.60. The highest BCUT2D eigenvalue weighted by molar-refractivity contribution is 6.31. The molecule has 5 aliphatic rings. The van der Waals surface area contributed by atoms with Gasteiger partial charge in [0.2, 0.25) is 5.95 Å². The summed E-state index contributed by atoms with van der Waals surface area (Å²) >= 11 is 6.26. The number of hydrogen-bond acceptors (Lipinski definition) is 6. The molecule has 8 heteroatoms. The Kier molecular flexibility index (Phi) is 7.29. The molecule has 5 saturated carbocycles. The number of hydrogen-bond donors (Lipinski definition) is 4. The summed E-state index contributed by atoms with van der Waals surface area (Å²) in [4.78, 5) is 8.59. The van der Waals surface area contributed by atoms with Crippen LogP contribution in [0.3, 0.4) is 0 Å². The maximum Gasteiger partial charge on any atom is 0.225 e. The topological polar surface area (TPSA) is 82.1 Å². The predicted molar refractivity (Wildman–Crippen MR) is 150 cm³/mol. The van der Waals surface area contributed by atoms with Gasteiger partial charge in [-0.25, -0.2) is 9.37 Å². The molecule has 0 radical (unpaired) electrons. The van der Waals surface area contributed by atoms with E-state index < -0.39 is 11.4 Å². The Morgan fingerprint density at radius 3 is 2.55 bits per heavy atom. The minimum atomic E-state index is -0.464. The Bertz CT molecular complexity index is 1120. The van der Waals surface area contributed by atoms with Crippen molar-refractivity contribution in [2.45, 2.75) is 82.9 Å². The van der Waals surface area contributed by atoms with Crippen LogP contribution < -0.4 is 16.0 Å². The van der Waals surface area contributed by atoms with Crippen LogP contribution in [0, 0.1) is 34.9 Å². The minimum Gasteiger partial charge on any atom is -0.390 e. The van der Waals surface area contributed by atoms with E-state index in [1.54, 1.807) is 0 Å². The molecule has 5 fully saturated rings. The molecule has 6 nitrogen and oxygen atoms in total. The van der Waals surface area contributed by atoms with Crippen LogP contribution in [0.15, 0.2) is 30.5 Å². The second-order valence-electron chi connectivity index (χ2n) is 13.0. The molecule has 5 atom stereocenters. The smallest absolute Gasteiger partial charge is 0.225 e. The SMILES string of the molecule is C[C@]1(O)CC[C@@H](CN[C@@H]2[C@@H]3CC4C[C@H]2C[C@@](CNc2nc(NCc5ccccc5Cl)ncc2F)(C4)C3)CC1. The van der Waals surface area contributed by atoms with E-state index in [1.165, 1.54) is 38.3 Å². The molecule has 206 valence electrons. The van der Waals surface area contributed by atoms with E-state index in [9.17, 15) is 9.50 Å². The molecule has 0 saturated heterocycles. The van der Waals surface area contributed by atoms with Crippen LogP contribution in [0.1, 0.15) is 70.3 Å². The van der Waals surface area contributed by atoms with Crippen molar-refractivity contribution in [3.63, 3.8) is 0 Å². The Labute approximate surface area is 230 Å². The molecular weight excluding hydrogens is 501 g/mol. The van der Waals surface area contributed by atoms with Crippen molar-refractivity contribution in [2.24, 2.45) is 29.1 Å². The van der Waals surface area contributed by atoms with Gasteiger partial charge in [0.05, 0.1) is 11.8 Å². The number of anilines is 2. The van der Waals surface area contributed by atoms with Crippen LogP contribution in [0.25, 0.3) is 0 Å². The third-order valence-corrected chi connectivity index (χ3v) is 10.4. The molecule has 1 unspecified atom stereocenters. The predicted octanol–water partition coefficient (Wildman–Crippen LogP) is 6.02. The number of rotatable bonds is 9. The molecule has 5 aliphatic carbocycles. The van der Waals surface area contributed by atoms with E-state index in [4.69, 9.17) is 11.6 Å². The molecule has 0 aliphatic heterocycles. The third-order valence-electron chi connectivity index (χ3n) is 9.99. The molecule has 0 spiro atoms. The molecule has 0 amide bonds. The number of nitrogens with one attached hydrogen (secondary N) is 3. The average Bonchev–Trinajstić information content (AvgIpc) is 2.88. The Hall–Kier alpha value is -1.96. The number of nitrogens with zero attached hydrogens (tertiary/aromatic N) is 2. The maximum absolute atomic E-state index is 14.7. The van der Waals surface area contributed by atoms with E-state index >= 15 is 0 Å². The second-order valence-corrected chi connectivity index (χ2v) is 13.4. The van der Waals surface area contributed by atoms with Gasteiger partial charge in [-0.2, -0.15) is 4.98 Å². The first-order valence-corrected chi connectivity index (χ1v) is 14.8. The van der Waals surface area contributed by atoms with E-state index in [0.29, 0.717) is 41.3 Å². The van der Waals surface area contributed by atoms with Crippen LogP contribution in [-0.2, 0) is 6.54 Å².